The number of nitrogens with one attached hydrogen (secondary N) is 1. The van der Waals surface area contributed by atoms with Gasteiger partial charge >= 0.3 is 0 Å². The van der Waals surface area contributed by atoms with Crippen LogP contribution in [0.4, 0.5) is 0 Å². The monoisotopic (exact) mass is 584 g/mol. The molecule has 3 aliphatic rings. The van der Waals surface area contributed by atoms with Crippen LogP contribution in [0.2, 0.25) is 0 Å². The van der Waals surface area contributed by atoms with Gasteiger partial charge in [0.1, 0.15) is 66.5 Å². The molecule has 0 aromatic rings. The Bertz CT molecular complexity index is 850. The third-order valence-corrected chi connectivity index (χ3v) is 7.78. The minimum atomic E-state index is -1.84. The van der Waals surface area contributed by atoms with Crippen molar-refractivity contribution in [3.8, 4) is 6.07 Å². The predicted molar refractivity (Wildman–Crippen MR) is 127 cm³/mol. The number of rotatable bonds is 9. The Labute approximate surface area is 228 Å². The summed E-state index contributed by atoms with van der Waals surface area (Å²) in [4.78, 5) is 12.1. The van der Waals surface area contributed by atoms with Crippen molar-refractivity contribution in [1.29, 1.82) is 5.26 Å². The van der Waals surface area contributed by atoms with E-state index in [9.17, 15) is 45.6 Å². The zero-order valence-electron chi connectivity index (χ0n) is 21.2. The molecule has 3 aliphatic heterocycles. The second-order valence-electron chi connectivity index (χ2n) is 9.50. The molecule has 0 spiro atoms. The maximum atomic E-state index is 12.1. The Morgan fingerprint density at radius 2 is 1.41 bits per heavy atom. The number of carbonyl (C=O) groups is 1. The molecule has 15 atom stereocenters. The number of carbonyl (C=O) groups excluding carboxylic acids is 1. The molecule has 0 aliphatic carbocycles. The van der Waals surface area contributed by atoms with Crippen molar-refractivity contribution in [2.45, 2.75) is 105 Å². The van der Waals surface area contributed by atoms with Crippen molar-refractivity contribution < 1.29 is 69.3 Å². The highest BCUT2D eigenvalue weighted by Gasteiger charge is 2.54. The number of hydrogen-bond acceptors (Lipinski definition) is 16. The van der Waals surface area contributed by atoms with E-state index >= 15 is 0 Å². The lowest BCUT2D eigenvalue weighted by molar-refractivity contribution is -0.357. The van der Waals surface area contributed by atoms with Gasteiger partial charge in [-0.15, -0.1) is 11.8 Å². The summed E-state index contributed by atoms with van der Waals surface area (Å²) in [6.45, 7) is 1.18. The molecule has 17 heteroatoms. The fraction of sp³-hybridized carbons (Fsp3) is 0.909. The maximum Gasteiger partial charge on any atom is 0.217 e. The van der Waals surface area contributed by atoms with Gasteiger partial charge in [0.15, 0.2) is 12.6 Å². The van der Waals surface area contributed by atoms with E-state index in [4.69, 9.17) is 28.9 Å². The third kappa shape index (κ3) is 7.17. The Hall–Kier alpha value is -1.21. The highest BCUT2D eigenvalue weighted by molar-refractivity contribution is 8.00. The Kier molecular flexibility index (Phi) is 11.7. The lowest BCUT2D eigenvalue weighted by Gasteiger charge is -2.50. The van der Waals surface area contributed by atoms with Crippen molar-refractivity contribution in [3.05, 3.63) is 0 Å². The Morgan fingerprint density at radius 1 is 0.846 bits per heavy atom. The van der Waals surface area contributed by atoms with E-state index in [0.29, 0.717) is 0 Å². The first-order chi connectivity index (χ1) is 18.4. The SMILES string of the molecule is CC(=O)N[C@@H]1[C@@H](O[C@@H]2O[C@H](CO)[C@H](O)[C@H](O)[C@H]2O)[C@H](O[C@@H]2O[C@@H](C)[C@@H](O)[C@@H](O)[C@@H]2O)[C@@H](CO)O[C@H]1SCC#N. The van der Waals surface area contributed by atoms with E-state index in [1.165, 1.54) is 13.8 Å². The molecule has 9 N–H and O–H groups in total. The lowest BCUT2D eigenvalue weighted by atomic mass is 9.95. The molecule has 3 heterocycles. The lowest BCUT2D eigenvalue weighted by Crippen LogP contribution is -2.69. The Morgan fingerprint density at radius 3 is 1.97 bits per heavy atom. The summed E-state index contributed by atoms with van der Waals surface area (Å²) in [5, 5.41) is 93.1. The number of thioether (sulfide) groups is 1. The number of nitrogens with zero attached hydrogens (tertiary/aromatic N) is 1. The summed E-state index contributed by atoms with van der Waals surface area (Å²) in [6, 6.07) is 0.780. The van der Waals surface area contributed by atoms with Crippen LogP contribution in [-0.2, 0) is 28.5 Å². The molecular weight excluding hydrogens is 548 g/mol. The zero-order valence-corrected chi connectivity index (χ0v) is 22.0. The molecule has 16 nitrogen and oxygen atoms in total. The first-order valence-corrected chi connectivity index (χ1v) is 13.3. The van der Waals surface area contributed by atoms with Crippen LogP contribution in [0.5, 0.6) is 0 Å². The van der Waals surface area contributed by atoms with Gasteiger partial charge in [0.25, 0.3) is 0 Å². The maximum absolute atomic E-state index is 12.1. The van der Waals surface area contributed by atoms with E-state index in [-0.39, 0.29) is 5.75 Å². The summed E-state index contributed by atoms with van der Waals surface area (Å²) in [5.41, 5.74) is -1.01. The van der Waals surface area contributed by atoms with Crippen LogP contribution in [0.1, 0.15) is 13.8 Å². The largest absolute Gasteiger partial charge is 0.394 e. The van der Waals surface area contributed by atoms with Crippen molar-refractivity contribution >= 4 is 17.7 Å². The second-order valence-corrected chi connectivity index (χ2v) is 10.6. The first-order valence-electron chi connectivity index (χ1n) is 12.3. The molecule has 3 rings (SSSR count). The normalized spacial score (nSPS) is 46.8. The zero-order chi connectivity index (χ0) is 29.0. The van der Waals surface area contributed by atoms with Gasteiger partial charge in [0.05, 0.1) is 37.2 Å². The minimum absolute atomic E-state index is 0.0940. The average molecular weight is 585 g/mol. The van der Waals surface area contributed by atoms with Crippen LogP contribution in [-0.4, -0.2) is 157 Å². The molecule has 0 aromatic carbocycles. The average Bonchev–Trinajstić information content (AvgIpc) is 2.91. The molecular formula is C22H36N2O14S. The molecule has 1 amide bonds. The van der Waals surface area contributed by atoms with Gasteiger partial charge in [-0.1, -0.05) is 0 Å². The van der Waals surface area contributed by atoms with Gasteiger partial charge in [-0.05, 0) is 6.92 Å². The standard InChI is InChI=1S/C22H36N2O14S/c1-7-12(28)14(30)16(32)20(34-7)37-18-10(6-26)36-22(39-4-3-23)11(24-8(2)27)19(18)38-21-17(33)15(31)13(29)9(5-25)35-21/h7,9-22,25-26,28-33H,4-6H2,1-2H3,(H,24,27)/t7-,9+,10+,11+,12+,13-,14+,15-,16-,17+,18+,19+,20-,21-,22-/m0/s1. The first kappa shape index (κ1) is 32.3. The summed E-state index contributed by atoms with van der Waals surface area (Å²) in [6.07, 6.45) is -19.8. The van der Waals surface area contributed by atoms with Crippen molar-refractivity contribution in [2.24, 2.45) is 0 Å². The summed E-state index contributed by atoms with van der Waals surface area (Å²) >= 11 is 0.958. The molecule has 3 saturated heterocycles. The van der Waals surface area contributed by atoms with E-state index in [2.05, 4.69) is 5.32 Å². The van der Waals surface area contributed by atoms with E-state index in [0.717, 1.165) is 11.8 Å². The topological polar surface area (TPSA) is 261 Å². The fourth-order valence-corrected chi connectivity index (χ4v) is 5.53. The van der Waals surface area contributed by atoms with Gasteiger partial charge in [-0.25, -0.2) is 0 Å². The van der Waals surface area contributed by atoms with E-state index < -0.39 is 110 Å². The van der Waals surface area contributed by atoms with Crippen molar-refractivity contribution in [2.75, 3.05) is 19.0 Å². The van der Waals surface area contributed by atoms with Crippen molar-refractivity contribution in [1.82, 2.24) is 5.32 Å². The van der Waals surface area contributed by atoms with Crippen LogP contribution < -0.4 is 5.32 Å². The number of amides is 1. The fourth-order valence-electron chi connectivity index (χ4n) is 4.64. The van der Waals surface area contributed by atoms with Crippen LogP contribution in [0.15, 0.2) is 0 Å². The van der Waals surface area contributed by atoms with Gasteiger partial charge in [0.2, 0.25) is 5.91 Å². The van der Waals surface area contributed by atoms with Crippen molar-refractivity contribution in [3.63, 3.8) is 0 Å². The molecule has 0 saturated carbocycles. The highest BCUT2D eigenvalue weighted by atomic mass is 32.2. The van der Waals surface area contributed by atoms with Crippen LogP contribution >= 0.6 is 11.8 Å². The van der Waals surface area contributed by atoms with Gasteiger partial charge in [-0.2, -0.15) is 5.26 Å². The molecule has 39 heavy (non-hydrogen) atoms. The number of aliphatic hydroxyl groups is 8. The number of hydrogen-bond donors (Lipinski definition) is 9. The number of nitriles is 1. The Balaban J connectivity index is 1.98. The predicted octanol–water partition coefficient (Wildman–Crippen LogP) is -5.14. The summed E-state index contributed by atoms with van der Waals surface area (Å²) in [7, 11) is 0. The summed E-state index contributed by atoms with van der Waals surface area (Å²) in [5.74, 6) is -0.653. The van der Waals surface area contributed by atoms with Crippen LogP contribution in [0, 0.1) is 11.3 Å². The molecule has 224 valence electrons. The van der Waals surface area contributed by atoms with Crippen LogP contribution in [0.25, 0.3) is 0 Å². The van der Waals surface area contributed by atoms with Gasteiger partial charge < -0.3 is 69.9 Å². The highest BCUT2D eigenvalue weighted by Crippen LogP contribution is 2.36. The molecule has 0 aromatic heterocycles. The minimum Gasteiger partial charge on any atom is -0.394 e. The molecule has 0 bridgehead atoms. The smallest absolute Gasteiger partial charge is 0.217 e. The van der Waals surface area contributed by atoms with Crippen LogP contribution in [0.3, 0.4) is 0 Å². The van der Waals surface area contributed by atoms with E-state index in [1.54, 1.807) is 0 Å². The number of ether oxygens (including phenoxy) is 5. The quantitative estimate of drug-likeness (QED) is 0.123. The van der Waals surface area contributed by atoms with Gasteiger partial charge in [0, 0.05) is 6.92 Å². The second kappa shape index (κ2) is 14.1. The van der Waals surface area contributed by atoms with E-state index in [1.807, 2.05) is 6.07 Å². The van der Waals surface area contributed by atoms with Gasteiger partial charge in [-0.3, -0.25) is 4.79 Å². The summed E-state index contributed by atoms with van der Waals surface area (Å²) < 4.78 is 28.8. The molecule has 3 fully saturated rings. The number of aliphatic hydroxyl groups excluding tert-OH is 8. The molecule has 0 unspecified atom stereocenters. The molecule has 0 radical (unpaired) electrons. The third-order valence-electron chi connectivity index (χ3n) is 6.75.